The van der Waals surface area contributed by atoms with Gasteiger partial charge in [0.2, 0.25) is 0 Å². The first kappa shape index (κ1) is 14.0. The fraction of sp³-hybridized carbons (Fsp3) is 0.462. The van der Waals surface area contributed by atoms with Crippen molar-refractivity contribution < 1.29 is 4.79 Å². The largest absolute Gasteiger partial charge is 0.334 e. The molecule has 2 amide bonds. The Labute approximate surface area is 111 Å². The Balaban J connectivity index is 2.56. The summed E-state index contributed by atoms with van der Waals surface area (Å²) in [6.07, 6.45) is 0. The number of amides is 2. The Morgan fingerprint density at radius 3 is 2.59 bits per heavy atom. The second-order valence-corrected chi connectivity index (χ2v) is 6.04. The number of hydrogen-bond acceptors (Lipinski definition) is 1. The van der Waals surface area contributed by atoms with Gasteiger partial charge in [0.1, 0.15) is 0 Å². The molecule has 0 saturated carbocycles. The van der Waals surface area contributed by atoms with E-state index in [-0.39, 0.29) is 11.6 Å². The maximum absolute atomic E-state index is 11.6. The molecule has 0 spiro atoms. The Bertz CT molecular complexity index is 410. The molecule has 0 aliphatic rings. The maximum atomic E-state index is 11.6. The Morgan fingerprint density at radius 2 is 2.00 bits per heavy atom. The SMILES string of the molecule is Cc1ccc(Br)cc1CNC(=O)NC(C)(C)C. The van der Waals surface area contributed by atoms with E-state index in [0.717, 1.165) is 10.0 Å². The van der Waals surface area contributed by atoms with Crippen LogP contribution >= 0.6 is 15.9 Å². The third-order valence-corrected chi connectivity index (χ3v) is 2.73. The number of aryl methyl sites for hydroxylation is 1. The summed E-state index contributed by atoms with van der Waals surface area (Å²) in [6, 6.07) is 5.90. The van der Waals surface area contributed by atoms with Gasteiger partial charge < -0.3 is 10.6 Å². The fourth-order valence-corrected chi connectivity index (χ4v) is 1.80. The number of nitrogens with one attached hydrogen (secondary N) is 2. The summed E-state index contributed by atoms with van der Waals surface area (Å²) < 4.78 is 1.02. The third kappa shape index (κ3) is 5.22. The van der Waals surface area contributed by atoms with Crippen molar-refractivity contribution in [3.63, 3.8) is 0 Å². The molecule has 0 radical (unpaired) electrons. The number of halogens is 1. The molecule has 0 bridgehead atoms. The van der Waals surface area contributed by atoms with Gasteiger partial charge in [0.15, 0.2) is 0 Å². The molecular weight excluding hydrogens is 280 g/mol. The predicted molar refractivity (Wildman–Crippen MR) is 74.0 cm³/mol. The number of urea groups is 1. The number of rotatable bonds is 2. The van der Waals surface area contributed by atoms with Crippen molar-refractivity contribution in [2.45, 2.75) is 39.8 Å². The zero-order chi connectivity index (χ0) is 13.1. The van der Waals surface area contributed by atoms with Crippen LogP contribution in [0.4, 0.5) is 4.79 Å². The van der Waals surface area contributed by atoms with E-state index in [9.17, 15) is 4.79 Å². The minimum absolute atomic E-state index is 0.142. The molecule has 94 valence electrons. The minimum atomic E-state index is -0.212. The minimum Gasteiger partial charge on any atom is -0.334 e. The number of benzene rings is 1. The van der Waals surface area contributed by atoms with Crippen LogP contribution in [0, 0.1) is 6.92 Å². The molecule has 0 unspecified atom stereocenters. The van der Waals surface area contributed by atoms with Crippen LogP contribution in [-0.4, -0.2) is 11.6 Å². The fourth-order valence-electron chi connectivity index (χ4n) is 1.39. The predicted octanol–water partition coefficient (Wildman–Crippen LogP) is 3.36. The van der Waals surface area contributed by atoms with Crippen molar-refractivity contribution in [2.24, 2.45) is 0 Å². The molecule has 17 heavy (non-hydrogen) atoms. The van der Waals surface area contributed by atoms with Crippen molar-refractivity contribution in [1.29, 1.82) is 0 Å². The summed E-state index contributed by atoms with van der Waals surface area (Å²) in [5.74, 6) is 0. The molecular formula is C13H19BrN2O. The summed E-state index contributed by atoms with van der Waals surface area (Å²) in [5.41, 5.74) is 2.07. The Kier molecular flexibility index (Phi) is 4.57. The van der Waals surface area contributed by atoms with Gasteiger partial charge in [-0.3, -0.25) is 0 Å². The molecule has 0 saturated heterocycles. The van der Waals surface area contributed by atoms with E-state index in [4.69, 9.17) is 0 Å². The Hall–Kier alpha value is -1.03. The number of hydrogen-bond donors (Lipinski definition) is 2. The van der Waals surface area contributed by atoms with Crippen LogP contribution in [0.15, 0.2) is 22.7 Å². The van der Waals surface area contributed by atoms with E-state index in [0.29, 0.717) is 6.54 Å². The summed E-state index contributed by atoms with van der Waals surface area (Å²) in [4.78, 5) is 11.6. The van der Waals surface area contributed by atoms with Crippen LogP contribution in [0.2, 0.25) is 0 Å². The highest BCUT2D eigenvalue weighted by Crippen LogP contribution is 2.15. The van der Waals surface area contributed by atoms with Crippen LogP contribution in [0.5, 0.6) is 0 Å². The van der Waals surface area contributed by atoms with Crippen molar-refractivity contribution in [3.8, 4) is 0 Å². The molecule has 4 heteroatoms. The van der Waals surface area contributed by atoms with Crippen LogP contribution in [0.25, 0.3) is 0 Å². The standard InChI is InChI=1S/C13H19BrN2O/c1-9-5-6-11(14)7-10(9)8-15-12(17)16-13(2,3)4/h5-7H,8H2,1-4H3,(H2,15,16,17). The maximum Gasteiger partial charge on any atom is 0.315 e. The molecule has 0 heterocycles. The summed E-state index contributed by atoms with van der Waals surface area (Å²) in [7, 11) is 0. The van der Waals surface area contributed by atoms with Gasteiger partial charge in [-0.05, 0) is 51.0 Å². The molecule has 1 rings (SSSR count). The molecule has 1 aromatic carbocycles. The van der Waals surface area contributed by atoms with Gasteiger partial charge >= 0.3 is 6.03 Å². The van der Waals surface area contributed by atoms with E-state index in [1.165, 1.54) is 5.56 Å². The summed E-state index contributed by atoms with van der Waals surface area (Å²) >= 11 is 3.42. The van der Waals surface area contributed by atoms with E-state index in [2.05, 4.69) is 26.6 Å². The molecule has 0 atom stereocenters. The van der Waals surface area contributed by atoms with E-state index < -0.39 is 0 Å². The van der Waals surface area contributed by atoms with Gasteiger partial charge in [-0.2, -0.15) is 0 Å². The third-order valence-electron chi connectivity index (χ3n) is 2.24. The van der Waals surface area contributed by atoms with Crippen molar-refractivity contribution in [1.82, 2.24) is 10.6 Å². The lowest BCUT2D eigenvalue weighted by molar-refractivity contribution is 0.231. The normalized spacial score (nSPS) is 11.1. The van der Waals surface area contributed by atoms with Gasteiger partial charge in [-0.25, -0.2) is 4.79 Å². The topological polar surface area (TPSA) is 41.1 Å². The highest BCUT2D eigenvalue weighted by Gasteiger charge is 2.13. The lowest BCUT2D eigenvalue weighted by Crippen LogP contribution is -2.46. The van der Waals surface area contributed by atoms with E-state index in [1.54, 1.807) is 0 Å². The van der Waals surface area contributed by atoms with Crippen LogP contribution < -0.4 is 10.6 Å². The van der Waals surface area contributed by atoms with E-state index >= 15 is 0 Å². The molecule has 2 N–H and O–H groups in total. The molecule has 1 aromatic rings. The number of carbonyl (C=O) groups excluding carboxylic acids is 1. The van der Waals surface area contributed by atoms with E-state index in [1.807, 2.05) is 45.9 Å². The van der Waals surface area contributed by atoms with Gasteiger partial charge in [0, 0.05) is 16.6 Å². The Morgan fingerprint density at radius 1 is 1.35 bits per heavy atom. The zero-order valence-electron chi connectivity index (χ0n) is 10.7. The first-order chi connectivity index (χ1) is 7.78. The first-order valence-electron chi connectivity index (χ1n) is 5.59. The van der Waals surface area contributed by atoms with Crippen molar-refractivity contribution in [3.05, 3.63) is 33.8 Å². The molecule has 0 fully saturated rings. The lowest BCUT2D eigenvalue weighted by atomic mass is 10.1. The molecule has 0 aromatic heterocycles. The summed E-state index contributed by atoms with van der Waals surface area (Å²) in [6.45, 7) is 8.43. The highest BCUT2D eigenvalue weighted by atomic mass is 79.9. The molecule has 0 aliphatic carbocycles. The second-order valence-electron chi connectivity index (χ2n) is 5.13. The average molecular weight is 299 g/mol. The van der Waals surface area contributed by atoms with Gasteiger partial charge in [-0.1, -0.05) is 22.0 Å². The van der Waals surface area contributed by atoms with Crippen LogP contribution in [0.1, 0.15) is 31.9 Å². The van der Waals surface area contributed by atoms with Crippen molar-refractivity contribution >= 4 is 22.0 Å². The average Bonchev–Trinajstić information content (AvgIpc) is 2.17. The zero-order valence-corrected chi connectivity index (χ0v) is 12.3. The van der Waals surface area contributed by atoms with Gasteiger partial charge in [0.25, 0.3) is 0 Å². The first-order valence-corrected chi connectivity index (χ1v) is 6.38. The molecule has 0 aliphatic heterocycles. The van der Waals surface area contributed by atoms with Gasteiger partial charge in [0.05, 0.1) is 0 Å². The molecule has 3 nitrogen and oxygen atoms in total. The van der Waals surface area contributed by atoms with Gasteiger partial charge in [-0.15, -0.1) is 0 Å². The number of carbonyl (C=O) groups is 1. The second kappa shape index (κ2) is 5.54. The highest BCUT2D eigenvalue weighted by molar-refractivity contribution is 9.10. The lowest BCUT2D eigenvalue weighted by Gasteiger charge is -2.21. The van der Waals surface area contributed by atoms with Crippen LogP contribution in [0.3, 0.4) is 0 Å². The smallest absolute Gasteiger partial charge is 0.315 e. The van der Waals surface area contributed by atoms with Crippen LogP contribution in [-0.2, 0) is 6.54 Å². The monoisotopic (exact) mass is 298 g/mol. The van der Waals surface area contributed by atoms with Crippen molar-refractivity contribution in [2.75, 3.05) is 0 Å². The quantitative estimate of drug-likeness (QED) is 0.864. The summed E-state index contributed by atoms with van der Waals surface area (Å²) in [5, 5.41) is 5.71.